The van der Waals surface area contributed by atoms with Crippen LogP contribution in [-0.2, 0) is 27.4 Å². The minimum atomic E-state index is -1.08. The summed E-state index contributed by atoms with van der Waals surface area (Å²) >= 11 is 1.41. The molecule has 2 heterocycles. The van der Waals surface area contributed by atoms with Crippen molar-refractivity contribution in [2.45, 2.75) is 24.8 Å². The largest absolute Gasteiger partial charge is 0.497 e. The molecule has 2 aliphatic heterocycles. The van der Waals surface area contributed by atoms with Crippen molar-refractivity contribution in [2.24, 2.45) is 0 Å². The third-order valence-corrected chi connectivity index (χ3v) is 7.53. The lowest BCUT2D eigenvalue weighted by Gasteiger charge is -2.33. The van der Waals surface area contributed by atoms with Gasteiger partial charge in [0, 0.05) is 11.3 Å². The summed E-state index contributed by atoms with van der Waals surface area (Å²) in [4.78, 5) is 29.6. The zero-order valence-corrected chi connectivity index (χ0v) is 18.9. The van der Waals surface area contributed by atoms with Crippen molar-refractivity contribution in [3.8, 4) is 5.75 Å². The van der Waals surface area contributed by atoms with E-state index in [0.29, 0.717) is 6.54 Å². The van der Waals surface area contributed by atoms with Gasteiger partial charge < -0.3 is 9.64 Å². The number of fused-ring (bicyclic) bond motifs is 2. The van der Waals surface area contributed by atoms with E-state index in [2.05, 4.69) is 6.92 Å². The molecule has 0 saturated carbocycles. The Morgan fingerprint density at radius 2 is 1.75 bits per heavy atom. The number of aryl methyl sites for hydroxylation is 1. The SMILES string of the molecule is CCc1ccc(N2C(=O)CS[C@]23C(=O)N(Cc2cccc(OC)c2)c2ccccc23)cc1. The van der Waals surface area contributed by atoms with Gasteiger partial charge in [-0.05, 0) is 47.9 Å². The van der Waals surface area contributed by atoms with Crippen molar-refractivity contribution >= 4 is 35.0 Å². The highest BCUT2D eigenvalue weighted by atomic mass is 32.2. The highest BCUT2D eigenvalue weighted by Crippen LogP contribution is 2.55. The molecular formula is C26H24N2O3S. The molecule has 3 aromatic rings. The van der Waals surface area contributed by atoms with Crippen LogP contribution >= 0.6 is 11.8 Å². The fourth-order valence-electron chi connectivity index (χ4n) is 4.55. The minimum Gasteiger partial charge on any atom is -0.497 e. The molecule has 0 bridgehead atoms. The lowest BCUT2D eigenvalue weighted by molar-refractivity contribution is -0.123. The molecule has 5 nitrogen and oxygen atoms in total. The highest BCUT2D eigenvalue weighted by molar-refractivity contribution is 8.02. The number of amides is 2. The van der Waals surface area contributed by atoms with E-state index in [1.807, 2.05) is 72.8 Å². The first-order chi connectivity index (χ1) is 15.6. The van der Waals surface area contributed by atoms with Gasteiger partial charge in [-0.3, -0.25) is 14.5 Å². The van der Waals surface area contributed by atoms with Gasteiger partial charge in [0.25, 0.3) is 5.91 Å². The van der Waals surface area contributed by atoms with Crippen LogP contribution in [0.25, 0.3) is 0 Å². The Balaban J connectivity index is 1.60. The molecule has 2 aliphatic rings. The first kappa shape index (κ1) is 20.6. The summed E-state index contributed by atoms with van der Waals surface area (Å²) in [5.74, 6) is 0.880. The van der Waals surface area contributed by atoms with Gasteiger partial charge in [0.05, 0.1) is 25.1 Å². The van der Waals surface area contributed by atoms with Gasteiger partial charge in [-0.25, -0.2) is 0 Å². The second-order valence-electron chi connectivity index (χ2n) is 7.94. The van der Waals surface area contributed by atoms with E-state index in [-0.39, 0.29) is 17.6 Å². The Hall–Kier alpha value is -3.25. The summed E-state index contributed by atoms with van der Waals surface area (Å²) in [5.41, 5.74) is 4.63. The maximum Gasteiger partial charge on any atom is 0.269 e. The van der Waals surface area contributed by atoms with E-state index < -0.39 is 4.87 Å². The Morgan fingerprint density at radius 3 is 2.50 bits per heavy atom. The van der Waals surface area contributed by atoms with Gasteiger partial charge in [0.2, 0.25) is 10.8 Å². The number of hydrogen-bond donors (Lipinski definition) is 0. The molecule has 0 aromatic heterocycles. The predicted octanol–water partition coefficient (Wildman–Crippen LogP) is 4.74. The molecule has 3 aromatic carbocycles. The van der Waals surface area contributed by atoms with Crippen LogP contribution < -0.4 is 14.5 Å². The van der Waals surface area contributed by atoms with E-state index in [9.17, 15) is 9.59 Å². The van der Waals surface area contributed by atoms with Crippen molar-refractivity contribution < 1.29 is 14.3 Å². The van der Waals surface area contributed by atoms with E-state index in [1.54, 1.807) is 16.9 Å². The van der Waals surface area contributed by atoms with E-state index in [4.69, 9.17) is 4.74 Å². The van der Waals surface area contributed by atoms with Crippen molar-refractivity contribution in [3.63, 3.8) is 0 Å². The molecule has 0 unspecified atom stereocenters. The standard InChI is InChI=1S/C26H24N2O3S/c1-3-18-11-13-20(14-12-18)28-24(29)17-32-26(28)22-9-4-5-10-23(22)27(25(26)30)16-19-7-6-8-21(15-19)31-2/h4-15H,3,16-17H2,1-2H3/t26-/m1/s1. The lowest BCUT2D eigenvalue weighted by atomic mass is 10.0. The number of hydrogen-bond acceptors (Lipinski definition) is 4. The molecular weight excluding hydrogens is 420 g/mol. The Kier molecular flexibility index (Phi) is 5.18. The number of methoxy groups -OCH3 is 1. The number of nitrogens with zero attached hydrogens (tertiary/aromatic N) is 2. The number of anilines is 2. The number of para-hydroxylation sites is 1. The number of carbonyl (C=O) groups excluding carboxylic acids is 2. The molecule has 1 saturated heterocycles. The number of thioether (sulfide) groups is 1. The van der Waals surface area contributed by atoms with Crippen molar-refractivity contribution in [1.29, 1.82) is 0 Å². The van der Waals surface area contributed by atoms with Crippen LogP contribution in [0.1, 0.15) is 23.6 Å². The predicted molar refractivity (Wildman–Crippen MR) is 128 cm³/mol. The summed E-state index contributed by atoms with van der Waals surface area (Å²) in [6, 6.07) is 23.5. The topological polar surface area (TPSA) is 49.9 Å². The number of carbonyl (C=O) groups is 2. The molecule has 0 radical (unpaired) electrons. The van der Waals surface area contributed by atoms with Crippen LogP contribution in [0.4, 0.5) is 11.4 Å². The molecule has 6 heteroatoms. The molecule has 32 heavy (non-hydrogen) atoms. The van der Waals surface area contributed by atoms with Crippen LogP contribution in [0.3, 0.4) is 0 Å². The van der Waals surface area contributed by atoms with Gasteiger partial charge in [-0.2, -0.15) is 0 Å². The second-order valence-corrected chi connectivity index (χ2v) is 9.11. The van der Waals surface area contributed by atoms with Gasteiger partial charge >= 0.3 is 0 Å². The van der Waals surface area contributed by atoms with Crippen LogP contribution in [0, 0.1) is 0 Å². The second kappa shape index (κ2) is 8.02. The van der Waals surface area contributed by atoms with Crippen LogP contribution in [0.15, 0.2) is 72.8 Å². The van der Waals surface area contributed by atoms with Crippen molar-refractivity contribution in [1.82, 2.24) is 0 Å². The Morgan fingerprint density at radius 1 is 0.969 bits per heavy atom. The fourth-order valence-corrected chi connectivity index (χ4v) is 5.91. The number of ether oxygens (including phenoxy) is 1. The zero-order valence-electron chi connectivity index (χ0n) is 18.1. The number of rotatable bonds is 5. The first-order valence-corrected chi connectivity index (χ1v) is 11.7. The summed E-state index contributed by atoms with van der Waals surface area (Å²) in [5, 5.41) is 0. The molecule has 2 amide bonds. The van der Waals surface area contributed by atoms with Gasteiger partial charge in [0.1, 0.15) is 5.75 Å². The van der Waals surface area contributed by atoms with Crippen LogP contribution in [0.2, 0.25) is 0 Å². The third kappa shape index (κ3) is 3.09. The third-order valence-electron chi connectivity index (χ3n) is 6.14. The Bertz CT molecular complexity index is 1190. The van der Waals surface area contributed by atoms with E-state index in [0.717, 1.165) is 34.7 Å². The van der Waals surface area contributed by atoms with Crippen molar-refractivity contribution in [3.05, 3.63) is 89.5 Å². The quantitative estimate of drug-likeness (QED) is 0.571. The van der Waals surface area contributed by atoms with Crippen molar-refractivity contribution in [2.75, 3.05) is 22.7 Å². The van der Waals surface area contributed by atoms with Gasteiger partial charge in [-0.1, -0.05) is 49.4 Å². The normalized spacial score (nSPS) is 19.7. The van der Waals surface area contributed by atoms with E-state index in [1.165, 1.54) is 17.3 Å². The zero-order chi connectivity index (χ0) is 22.3. The maximum absolute atomic E-state index is 14.1. The van der Waals surface area contributed by atoms with Gasteiger partial charge in [-0.15, -0.1) is 11.8 Å². The molecule has 1 spiro atoms. The smallest absolute Gasteiger partial charge is 0.269 e. The lowest BCUT2D eigenvalue weighted by Crippen LogP contribution is -2.49. The molecule has 1 atom stereocenters. The fraction of sp³-hybridized carbons (Fsp3) is 0.231. The van der Waals surface area contributed by atoms with Gasteiger partial charge in [0.15, 0.2) is 0 Å². The highest BCUT2D eigenvalue weighted by Gasteiger charge is 2.60. The summed E-state index contributed by atoms with van der Waals surface area (Å²) in [7, 11) is 1.63. The Labute approximate surface area is 192 Å². The maximum atomic E-state index is 14.1. The summed E-state index contributed by atoms with van der Waals surface area (Å²) in [6.07, 6.45) is 0.921. The first-order valence-electron chi connectivity index (χ1n) is 10.7. The average Bonchev–Trinajstić information content (AvgIpc) is 3.30. The van der Waals surface area contributed by atoms with Crippen LogP contribution in [0.5, 0.6) is 5.75 Å². The summed E-state index contributed by atoms with van der Waals surface area (Å²) in [6.45, 7) is 2.51. The molecule has 1 fully saturated rings. The molecule has 0 aliphatic carbocycles. The monoisotopic (exact) mass is 444 g/mol. The molecule has 162 valence electrons. The minimum absolute atomic E-state index is 0.0503. The van der Waals surface area contributed by atoms with Crippen LogP contribution in [-0.4, -0.2) is 24.7 Å². The average molecular weight is 445 g/mol. The summed E-state index contributed by atoms with van der Waals surface area (Å²) < 4.78 is 5.36. The molecule has 0 N–H and O–H groups in total. The molecule has 5 rings (SSSR count). The number of benzene rings is 3. The van der Waals surface area contributed by atoms with E-state index >= 15 is 0 Å².